The number of aliphatic hydroxyl groups is 1. The molecule has 0 spiro atoms. The van der Waals surface area contributed by atoms with Gasteiger partial charge in [-0.05, 0) is 31.4 Å². The average Bonchev–Trinajstić information content (AvgIpc) is 2.13. The van der Waals surface area contributed by atoms with Crippen molar-refractivity contribution in [1.82, 2.24) is 0 Å². The Morgan fingerprint density at radius 3 is 2.44 bits per heavy atom. The van der Waals surface area contributed by atoms with Gasteiger partial charge in [-0.3, -0.25) is 0 Å². The molecule has 0 radical (unpaired) electrons. The van der Waals surface area contributed by atoms with Crippen molar-refractivity contribution in [3.8, 4) is 0 Å². The first kappa shape index (κ1) is 14.2. The van der Waals surface area contributed by atoms with Crippen molar-refractivity contribution in [1.29, 1.82) is 0 Å². The molecule has 1 aliphatic rings. The fraction of sp³-hybridized carbons (Fsp3) is 1.00. The highest BCUT2D eigenvalue weighted by Crippen LogP contribution is 2.31. The van der Waals surface area contributed by atoms with E-state index < -0.39 is 9.04 Å². The normalized spacial score (nSPS) is 29.4. The highest BCUT2D eigenvalue weighted by atomic mass is 28.3. The van der Waals surface area contributed by atoms with E-state index in [-0.39, 0.29) is 23.7 Å². The molecule has 3 nitrogen and oxygen atoms in total. The fourth-order valence-electron chi connectivity index (χ4n) is 2.14. The first-order valence-corrected chi connectivity index (χ1v) is 9.05. The molecule has 0 saturated carbocycles. The third-order valence-corrected chi connectivity index (χ3v) is 3.74. The maximum atomic E-state index is 10.0. The molecule has 1 heterocycles. The number of aliphatic hydroxyl groups excluding tert-OH is 1. The van der Waals surface area contributed by atoms with Crippen LogP contribution in [0.3, 0.4) is 0 Å². The van der Waals surface area contributed by atoms with Gasteiger partial charge >= 0.3 is 0 Å². The first-order valence-electron chi connectivity index (χ1n) is 6.27. The Hall–Kier alpha value is 0.0969. The van der Waals surface area contributed by atoms with Crippen LogP contribution >= 0.6 is 0 Å². The Kier molecular flexibility index (Phi) is 4.98. The molecule has 1 N–H and O–H groups in total. The summed E-state index contributed by atoms with van der Waals surface area (Å²) in [5.41, 5.74) is 0.0141. The molecule has 0 aliphatic carbocycles. The van der Waals surface area contributed by atoms with E-state index in [0.29, 0.717) is 0 Å². The third kappa shape index (κ3) is 3.84. The second-order valence-electron chi connectivity index (χ2n) is 6.02. The molecular weight excluding hydrogens is 220 g/mol. The number of hydrogen-bond acceptors (Lipinski definition) is 3. The summed E-state index contributed by atoms with van der Waals surface area (Å²) in [5.74, 6) is 0. The van der Waals surface area contributed by atoms with Gasteiger partial charge in [0.05, 0.1) is 12.2 Å². The van der Waals surface area contributed by atoms with Crippen molar-refractivity contribution in [3.63, 3.8) is 0 Å². The summed E-state index contributed by atoms with van der Waals surface area (Å²) >= 11 is 0. The van der Waals surface area contributed by atoms with Gasteiger partial charge in [0.25, 0.3) is 0 Å². The minimum absolute atomic E-state index is 0.00877. The van der Waals surface area contributed by atoms with E-state index in [1.807, 2.05) is 0 Å². The predicted octanol–water partition coefficient (Wildman–Crippen LogP) is 1.94. The van der Waals surface area contributed by atoms with Crippen molar-refractivity contribution in [3.05, 3.63) is 0 Å². The van der Waals surface area contributed by atoms with Crippen LogP contribution in [0.15, 0.2) is 0 Å². The lowest BCUT2D eigenvalue weighted by atomic mass is 9.82. The highest BCUT2D eigenvalue weighted by Gasteiger charge is 2.39. The van der Waals surface area contributed by atoms with Crippen molar-refractivity contribution >= 4 is 9.04 Å². The summed E-state index contributed by atoms with van der Waals surface area (Å²) < 4.78 is 11.8. The van der Waals surface area contributed by atoms with Crippen molar-refractivity contribution in [2.24, 2.45) is 5.41 Å². The summed E-state index contributed by atoms with van der Waals surface area (Å²) in [5, 5.41) is 10.0. The van der Waals surface area contributed by atoms with Crippen LogP contribution in [-0.2, 0) is 9.16 Å². The predicted molar refractivity (Wildman–Crippen MR) is 68.2 cm³/mol. The maximum absolute atomic E-state index is 10.0. The Morgan fingerprint density at radius 2 is 2.00 bits per heavy atom. The van der Waals surface area contributed by atoms with Gasteiger partial charge in [-0.1, -0.05) is 20.8 Å². The standard InChI is InChI=1S/C12H26O3Si/c1-12(2,3)11(15-16(4)5)10-9(13)7-6-8-14-10/h9-11,13,16H,6-8H2,1-5H3/t9-,10+,11?/m0/s1. The quantitative estimate of drug-likeness (QED) is 0.774. The van der Waals surface area contributed by atoms with Gasteiger partial charge in [-0.15, -0.1) is 0 Å². The lowest BCUT2D eigenvalue weighted by Crippen LogP contribution is -2.51. The number of ether oxygens (including phenoxy) is 1. The molecule has 16 heavy (non-hydrogen) atoms. The number of rotatable bonds is 3. The topological polar surface area (TPSA) is 38.7 Å². The van der Waals surface area contributed by atoms with Gasteiger partial charge in [0.2, 0.25) is 0 Å². The van der Waals surface area contributed by atoms with Crippen LogP contribution in [0.1, 0.15) is 33.6 Å². The molecule has 96 valence electrons. The zero-order valence-electron chi connectivity index (χ0n) is 11.2. The summed E-state index contributed by atoms with van der Waals surface area (Å²) in [7, 11) is -1.12. The smallest absolute Gasteiger partial charge is 0.171 e. The van der Waals surface area contributed by atoms with Crippen LogP contribution in [0.25, 0.3) is 0 Å². The fourth-order valence-corrected chi connectivity index (χ4v) is 3.29. The van der Waals surface area contributed by atoms with Crippen LogP contribution in [0.2, 0.25) is 13.1 Å². The monoisotopic (exact) mass is 246 g/mol. The van der Waals surface area contributed by atoms with E-state index >= 15 is 0 Å². The Labute approximate surface area is 101 Å². The van der Waals surface area contributed by atoms with Gasteiger partial charge < -0.3 is 14.3 Å². The summed E-state index contributed by atoms with van der Waals surface area (Å²) in [6.07, 6.45) is 1.28. The Morgan fingerprint density at radius 1 is 1.38 bits per heavy atom. The summed E-state index contributed by atoms with van der Waals surface area (Å²) in [6, 6.07) is 0. The van der Waals surface area contributed by atoms with Crippen molar-refractivity contribution in [2.75, 3.05) is 6.61 Å². The first-order chi connectivity index (χ1) is 7.32. The molecule has 0 aromatic rings. The van der Waals surface area contributed by atoms with Gasteiger partial charge in [-0.2, -0.15) is 0 Å². The van der Waals surface area contributed by atoms with Crippen LogP contribution in [0.4, 0.5) is 0 Å². The van der Waals surface area contributed by atoms with Crippen molar-refractivity contribution in [2.45, 2.75) is 65.0 Å². The zero-order chi connectivity index (χ0) is 12.3. The van der Waals surface area contributed by atoms with E-state index in [1.165, 1.54) is 0 Å². The van der Waals surface area contributed by atoms with Gasteiger partial charge in [0, 0.05) is 6.61 Å². The molecule has 1 aliphatic heterocycles. The minimum Gasteiger partial charge on any atom is -0.414 e. The molecule has 0 amide bonds. The van der Waals surface area contributed by atoms with Crippen LogP contribution in [0, 0.1) is 5.41 Å². The molecule has 1 fully saturated rings. The lowest BCUT2D eigenvalue weighted by Gasteiger charge is -2.42. The minimum atomic E-state index is -1.12. The zero-order valence-corrected chi connectivity index (χ0v) is 12.3. The SMILES string of the molecule is C[SiH](C)OC([C@@H]1OCCC[C@@H]1O)C(C)(C)C. The highest BCUT2D eigenvalue weighted by molar-refractivity contribution is 6.48. The molecular formula is C12H26O3Si. The largest absolute Gasteiger partial charge is 0.414 e. The van der Waals surface area contributed by atoms with Crippen LogP contribution < -0.4 is 0 Å². The Balaban J connectivity index is 2.74. The summed E-state index contributed by atoms with van der Waals surface area (Å²) in [6.45, 7) is 11.5. The van der Waals surface area contributed by atoms with Crippen LogP contribution in [-0.4, -0.2) is 39.1 Å². The van der Waals surface area contributed by atoms with E-state index in [0.717, 1.165) is 19.4 Å². The van der Waals surface area contributed by atoms with E-state index in [4.69, 9.17) is 9.16 Å². The summed E-state index contributed by atoms with van der Waals surface area (Å²) in [4.78, 5) is 0. The van der Waals surface area contributed by atoms with E-state index in [1.54, 1.807) is 0 Å². The molecule has 3 atom stereocenters. The van der Waals surface area contributed by atoms with Gasteiger partial charge in [0.1, 0.15) is 6.10 Å². The van der Waals surface area contributed by atoms with E-state index in [9.17, 15) is 5.11 Å². The van der Waals surface area contributed by atoms with Gasteiger partial charge in [-0.25, -0.2) is 0 Å². The lowest BCUT2D eigenvalue weighted by molar-refractivity contribution is -0.144. The Bertz CT molecular complexity index is 213. The average molecular weight is 246 g/mol. The van der Waals surface area contributed by atoms with Gasteiger partial charge in [0.15, 0.2) is 9.04 Å². The van der Waals surface area contributed by atoms with Crippen LogP contribution in [0.5, 0.6) is 0 Å². The molecule has 4 heteroatoms. The second-order valence-corrected chi connectivity index (χ2v) is 8.39. The maximum Gasteiger partial charge on any atom is 0.171 e. The second kappa shape index (κ2) is 5.62. The molecule has 0 aromatic heterocycles. The molecule has 1 rings (SSSR count). The van der Waals surface area contributed by atoms with E-state index in [2.05, 4.69) is 33.9 Å². The number of hydrogen-bond donors (Lipinski definition) is 1. The molecule has 1 saturated heterocycles. The third-order valence-electron chi connectivity index (χ3n) is 2.90. The molecule has 0 aromatic carbocycles. The molecule has 1 unspecified atom stereocenters. The van der Waals surface area contributed by atoms with Crippen molar-refractivity contribution < 1.29 is 14.3 Å². The molecule has 0 bridgehead atoms.